The number of hydrogen-bond donors (Lipinski definition) is 0. The van der Waals surface area contributed by atoms with Gasteiger partial charge in [-0.05, 0) is 35.9 Å². The molecule has 0 atom stereocenters. The first-order valence-electron chi connectivity index (χ1n) is 7.22. The quantitative estimate of drug-likeness (QED) is 0.525. The van der Waals surface area contributed by atoms with Crippen LogP contribution >= 0.6 is 0 Å². The summed E-state index contributed by atoms with van der Waals surface area (Å²) in [6, 6.07) is 16.8. The van der Waals surface area contributed by atoms with E-state index in [1.807, 2.05) is 48.5 Å². The van der Waals surface area contributed by atoms with Gasteiger partial charge < -0.3 is 9.15 Å². The molecule has 0 unspecified atom stereocenters. The van der Waals surface area contributed by atoms with Crippen molar-refractivity contribution in [2.45, 2.75) is 0 Å². The molecule has 2 heterocycles. The summed E-state index contributed by atoms with van der Waals surface area (Å²) in [5, 5.41) is 1.77. The normalized spacial score (nSPS) is 11.0. The van der Waals surface area contributed by atoms with Crippen LogP contribution in [0.15, 0.2) is 70.0 Å². The topological polar surface area (TPSA) is 52.3 Å². The second-order valence-corrected chi connectivity index (χ2v) is 5.23. The molecule has 0 aliphatic carbocycles. The molecule has 0 fully saturated rings. The third kappa shape index (κ3) is 2.25. The minimum atomic E-state index is -0.355. The van der Waals surface area contributed by atoms with Crippen LogP contribution in [0.4, 0.5) is 0 Å². The molecule has 4 aromatic rings. The van der Waals surface area contributed by atoms with Crippen LogP contribution in [0.25, 0.3) is 33.0 Å². The number of para-hydroxylation sites is 1. The maximum absolute atomic E-state index is 12.4. The fourth-order valence-electron chi connectivity index (χ4n) is 2.74. The fraction of sp³-hybridized carbons (Fsp3) is 0.0526. The van der Waals surface area contributed by atoms with Gasteiger partial charge in [0.25, 0.3) is 0 Å². The van der Waals surface area contributed by atoms with Crippen molar-refractivity contribution < 1.29 is 9.15 Å². The lowest BCUT2D eigenvalue weighted by molar-refractivity contribution is 0.415. The van der Waals surface area contributed by atoms with Crippen LogP contribution in [0.5, 0.6) is 5.75 Å². The molecule has 0 amide bonds. The minimum Gasteiger partial charge on any atom is -0.497 e. The second kappa shape index (κ2) is 5.25. The molecule has 0 spiro atoms. The summed E-state index contributed by atoms with van der Waals surface area (Å²) in [6.45, 7) is 0. The summed E-state index contributed by atoms with van der Waals surface area (Å²) in [5.41, 5.74) is 2.33. The summed E-state index contributed by atoms with van der Waals surface area (Å²) in [6.07, 6.45) is 1.69. The van der Waals surface area contributed by atoms with Gasteiger partial charge in [-0.3, -0.25) is 4.98 Å². The zero-order valence-corrected chi connectivity index (χ0v) is 12.4. The zero-order valence-electron chi connectivity index (χ0n) is 12.4. The molecular weight excluding hydrogens is 290 g/mol. The van der Waals surface area contributed by atoms with Crippen molar-refractivity contribution in [2.24, 2.45) is 0 Å². The van der Waals surface area contributed by atoms with E-state index in [9.17, 15) is 4.79 Å². The van der Waals surface area contributed by atoms with Gasteiger partial charge >= 0.3 is 5.63 Å². The van der Waals surface area contributed by atoms with Gasteiger partial charge in [-0.1, -0.05) is 18.2 Å². The van der Waals surface area contributed by atoms with Crippen LogP contribution in [0.2, 0.25) is 0 Å². The number of rotatable bonds is 2. The molecule has 0 saturated carbocycles. The number of nitrogens with zero attached hydrogens (tertiary/aromatic N) is 1. The smallest absolute Gasteiger partial charge is 0.344 e. The molecule has 0 saturated heterocycles. The molecule has 2 aromatic heterocycles. The standard InChI is InChI=1S/C19H13NO3/c1-22-13-6-7-15-14(8-9-20-17(15)11-13)16-10-12-4-2-3-5-18(12)23-19(16)21/h2-11H,1H3. The van der Waals surface area contributed by atoms with E-state index in [0.29, 0.717) is 11.1 Å². The average molecular weight is 303 g/mol. The Labute approximate surface area is 132 Å². The van der Waals surface area contributed by atoms with Crippen molar-refractivity contribution in [2.75, 3.05) is 7.11 Å². The predicted molar refractivity (Wildman–Crippen MR) is 89.8 cm³/mol. The SMILES string of the molecule is COc1ccc2c(-c3cc4ccccc4oc3=O)ccnc2c1. The number of benzene rings is 2. The van der Waals surface area contributed by atoms with Crippen molar-refractivity contribution in [3.05, 3.63) is 71.2 Å². The average Bonchev–Trinajstić information content (AvgIpc) is 2.60. The number of methoxy groups -OCH3 is 1. The molecule has 0 bridgehead atoms. The van der Waals surface area contributed by atoms with Crippen molar-refractivity contribution in [3.8, 4) is 16.9 Å². The Morgan fingerprint density at radius 2 is 1.87 bits per heavy atom. The lowest BCUT2D eigenvalue weighted by Gasteiger charge is -2.07. The Kier molecular flexibility index (Phi) is 3.08. The molecule has 0 N–H and O–H groups in total. The Balaban J connectivity index is 2.02. The first-order valence-corrected chi connectivity index (χ1v) is 7.22. The Hall–Kier alpha value is -3.14. The first-order chi connectivity index (χ1) is 11.3. The van der Waals surface area contributed by atoms with Crippen molar-refractivity contribution in [1.29, 1.82) is 0 Å². The number of ether oxygens (including phenoxy) is 1. The summed E-state index contributed by atoms with van der Waals surface area (Å²) >= 11 is 0. The molecule has 4 nitrogen and oxygen atoms in total. The van der Waals surface area contributed by atoms with Crippen LogP contribution in [0.3, 0.4) is 0 Å². The van der Waals surface area contributed by atoms with E-state index in [1.165, 1.54) is 0 Å². The van der Waals surface area contributed by atoms with E-state index in [0.717, 1.165) is 27.6 Å². The minimum absolute atomic E-state index is 0.355. The molecule has 112 valence electrons. The first kappa shape index (κ1) is 13.5. The van der Waals surface area contributed by atoms with Crippen molar-refractivity contribution in [3.63, 3.8) is 0 Å². The second-order valence-electron chi connectivity index (χ2n) is 5.23. The van der Waals surface area contributed by atoms with Gasteiger partial charge in [0, 0.05) is 23.0 Å². The summed E-state index contributed by atoms with van der Waals surface area (Å²) in [7, 11) is 1.61. The maximum Gasteiger partial charge on any atom is 0.344 e. The van der Waals surface area contributed by atoms with E-state index < -0.39 is 0 Å². The lowest BCUT2D eigenvalue weighted by atomic mass is 10.0. The number of pyridine rings is 1. The molecule has 2 aromatic carbocycles. The molecule has 23 heavy (non-hydrogen) atoms. The summed E-state index contributed by atoms with van der Waals surface area (Å²) < 4.78 is 10.7. The molecule has 0 aliphatic heterocycles. The van der Waals surface area contributed by atoms with E-state index >= 15 is 0 Å². The third-order valence-corrected chi connectivity index (χ3v) is 3.88. The van der Waals surface area contributed by atoms with Crippen LogP contribution in [0.1, 0.15) is 0 Å². The Bertz CT molecular complexity index is 1080. The largest absolute Gasteiger partial charge is 0.497 e. The van der Waals surface area contributed by atoms with E-state index in [4.69, 9.17) is 9.15 Å². The monoisotopic (exact) mass is 303 g/mol. The van der Waals surface area contributed by atoms with Crippen molar-refractivity contribution >= 4 is 21.9 Å². The molecule has 4 heteroatoms. The van der Waals surface area contributed by atoms with Crippen LogP contribution in [0, 0.1) is 0 Å². The Morgan fingerprint density at radius 1 is 1.00 bits per heavy atom. The lowest BCUT2D eigenvalue weighted by Crippen LogP contribution is -2.03. The highest BCUT2D eigenvalue weighted by Gasteiger charge is 2.11. The molecule has 0 radical (unpaired) electrons. The van der Waals surface area contributed by atoms with Gasteiger partial charge in [0.2, 0.25) is 0 Å². The zero-order chi connectivity index (χ0) is 15.8. The predicted octanol–water partition coefficient (Wildman–Crippen LogP) is 4.02. The van der Waals surface area contributed by atoms with Crippen LogP contribution in [-0.2, 0) is 0 Å². The van der Waals surface area contributed by atoms with Gasteiger partial charge in [0.05, 0.1) is 18.2 Å². The van der Waals surface area contributed by atoms with Crippen LogP contribution in [-0.4, -0.2) is 12.1 Å². The number of aromatic nitrogens is 1. The number of fused-ring (bicyclic) bond motifs is 2. The van der Waals surface area contributed by atoms with Gasteiger partial charge in [-0.2, -0.15) is 0 Å². The van der Waals surface area contributed by atoms with E-state index in [1.54, 1.807) is 19.4 Å². The Morgan fingerprint density at radius 3 is 2.74 bits per heavy atom. The van der Waals surface area contributed by atoms with Gasteiger partial charge in [-0.25, -0.2) is 4.79 Å². The van der Waals surface area contributed by atoms with E-state index in [2.05, 4.69) is 4.98 Å². The van der Waals surface area contributed by atoms with Gasteiger partial charge in [-0.15, -0.1) is 0 Å². The number of hydrogen-bond acceptors (Lipinski definition) is 4. The summed E-state index contributed by atoms with van der Waals surface area (Å²) in [4.78, 5) is 16.7. The van der Waals surface area contributed by atoms with Gasteiger partial charge in [0.15, 0.2) is 0 Å². The highest BCUT2D eigenvalue weighted by molar-refractivity contribution is 5.96. The molecule has 4 rings (SSSR count). The molecular formula is C19H13NO3. The highest BCUT2D eigenvalue weighted by Crippen LogP contribution is 2.29. The highest BCUT2D eigenvalue weighted by atomic mass is 16.5. The maximum atomic E-state index is 12.4. The third-order valence-electron chi connectivity index (χ3n) is 3.88. The van der Waals surface area contributed by atoms with Gasteiger partial charge in [0.1, 0.15) is 11.3 Å². The van der Waals surface area contributed by atoms with E-state index in [-0.39, 0.29) is 5.63 Å². The summed E-state index contributed by atoms with van der Waals surface area (Å²) in [5.74, 6) is 0.729. The fourth-order valence-corrected chi connectivity index (χ4v) is 2.74. The van der Waals surface area contributed by atoms with Crippen molar-refractivity contribution in [1.82, 2.24) is 4.98 Å². The molecule has 0 aliphatic rings. The van der Waals surface area contributed by atoms with Crippen LogP contribution < -0.4 is 10.4 Å².